The van der Waals surface area contributed by atoms with Crippen molar-refractivity contribution in [1.29, 1.82) is 0 Å². The number of rotatable bonds is 8. The van der Waals surface area contributed by atoms with Crippen LogP contribution in [0.2, 0.25) is 0 Å². The lowest BCUT2D eigenvalue weighted by molar-refractivity contribution is -0.150. The third kappa shape index (κ3) is 6.48. The number of esters is 2. The van der Waals surface area contributed by atoms with Crippen LogP contribution in [0, 0.1) is 17.8 Å². The minimum absolute atomic E-state index is 0.0228. The van der Waals surface area contributed by atoms with Crippen molar-refractivity contribution >= 4 is 11.9 Å². The van der Waals surface area contributed by atoms with Crippen molar-refractivity contribution in [2.24, 2.45) is 17.8 Å². The summed E-state index contributed by atoms with van der Waals surface area (Å²) in [4.78, 5) is 23.4. The van der Waals surface area contributed by atoms with E-state index >= 15 is 0 Å². The topological polar surface area (TPSA) is 52.6 Å². The van der Waals surface area contributed by atoms with Crippen LogP contribution in [0.4, 0.5) is 0 Å². The Hall–Kier alpha value is -1.32. The molecule has 0 bridgehead atoms. The highest BCUT2D eigenvalue weighted by atomic mass is 16.5. The van der Waals surface area contributed by atoms with Crippen molar-refractivity contribution in [3.8, 4) is 0 Å². The molecule has 25 heavy (non-hydrogen) atoms. The van der Waals surface area contributed by atoms with Gasteiger partial charge in [-0.1, -0.05) is 26.3 Å². The summed E-state index contributed by atoms with van der Waals surface area (Å²) >= 11 is 0. The highest BCUT2D eigenvalue weighted by Crippen LogP contribution is 2.40. The molecule has 0 heterocycles. The molecule has 4 nitrogen and oxygen atoms in total. The van der Waals surface area contributed by atoms with Crippen molar-refractivity contribution in [2.75, 3.05) is 6.61 Å². The second kappa shape index (κ2) is 10.6. The molecule has 2 rings (SSSR count). The summed E-state index contributed by atoms with van der Waals surface area (Å²) in [7, 11) is 0. The number of unbranched alkanes of at least 4 members (excludes halogenated alkanes) is 2. The van der Waals surface area contributed by atoms with Gasteiger partial charge in [0.25, 0.3) is 0 Å². The second-order valence-corrected chi connectivity index (χ2v) is 7.66. The predicted octanol–water partition coefficient (Wildman–Crippen LogP) is 4.81. The SMILES string of the molecule is C=CC(=O)OC1CCC(C2CCC(C(=O)OCCCCC)CC2)CC1. The quantitative estimate of drug-likeness (QED) is 0.358. The molecule has 2 fully saturated rings. The third-order valence-electron chi connectivity index (χ3n) is 5.93. The van der Waals surface area contributed by atoms with Gasteiger partial charge in [0.05, 0.1) is 12.5 Å². The Morgan fingerprint density at radius 2 is 1.56 bits per heavy atom. The molecule has 0 aromatic heterocycles. The molecular formula is C21H34O4. The summed E-state index contributed by atoms with van der Waals surface area (Å²) in [6.07, 6.45) is 13.0. The number of ether oxygens (including phenoxy) is 2. The van der Waals surface area contributed by atoms with Crippen LogP contribution in [0.25, 0.3) is 0 Å². The molecule has 0 atom stereocenters. The van der Waals surface area contributed by atoms with E-state index in [1.165, 1.54) is 6.08 Å². The summed E-state index contributed by atoms with van der Waals surface area (Å²) in [5, 5.41) is 0. The first-order valence-corrected chi connectivity index (χ1v) is 10.1. The van der Waals surface area contributed by atoms with E-state index in [2.05, 4.69) is 13.5 Å². The van der Waals surface area contributed by atoms with Crippen molar-refractivity contribution in [3.05, 3.63) is 12.7 Å². The predicted molar refractivity (Wildman–Crippen MR) is 98.0 cm³/mol. The molecule has 0 radical (unpaired) electrons. The Morgan fingerprint density at radius 1 is 0.960 bits per heavy atom. The van der Waals surface area contributed by atoms with Gasteiger partial charge < -0.3 is 9.47 Å². The van der Waals surface area contributed by atoms with Gasteiger partial charge in [-0.05, 0) is 69.6 Å². The molecule has 0 unspecified atom stereocenters. The molecule has 0 aromatic carbocycles. The van der Waals surface area contributed by atoms with Crippen molar-refractivity contribution in [1.82, 2.24) is 0 Å². The third-order valence-corrected chi connectivity index (χ3v) is 5.93. The van der Waals surface area contributed by atoms with Gasteiger partial charge in [0.1, 0.15) is 6.10 Å². The first-order chi connectivity index (χ1) is 12.1. The Bertz CT molecular complexity index is 429. The molecule has 0 spiro atoms. The molecule has 0 aromatic rings. The van der Waals surface area contributed by atoms with Crippen LogP contribution in [0.1, 0.15) is 77.6 Å². The van der Waals surface area contributed by atoms with Gasteiger partial charge in [-0.2, -0.15) is 0 Å². The Morgan fingerprint density at radius 3 is 2.12 bits per heavy atom. The minimum Gasteiger partial charge on any atom is -0.465 e. The van der Waals surface area contributed by atoms with Crippen LogP contribution >= 0.6 is 0 Å². The average Bonchev–Trinajstić information content (AvgIpc) is 2.65. The molecule has 0 saturated heterocycles. The maximum Gasteiger partial charge on any atom is 0.330 e. The highest BCUT2D eigenvalue weighted by molar-refractivity contribution is 5.81. The van der Waals surface area contributed by atoms with Gasteiger partial charge in [0.2, 0.25) is 0 Å². The van der Waals surface area contributed by atoms with Gasteiger partial charge in [0, 0.05) is 6.08 Å². The zero-order chi connectivity index (χ0) is 18.1. The fourth-order valence-electron chi connectivity index (χ4n) is 4.36. The fourth-order valence-corrected chi connectivity index (χ4v) is 4.36. The summed E-state index contributed by atoms with van der Waals surface area (Å²) in [5.74, 6) is 1.28. The molecular weight excluding hydrogens is 316 g/mol. The lowest BCUT2D eigenvalue weighted by atomic mass is 9.70. The molecule has 0 aliphatic heterocycles. The fraction of sp³-hybridized carbons (Fsp3) is 0.810. The summed E-state index contributed by atoms with van der Waals surface area (Å²) in [5.41, 5.74) is 0. The van der Waals surface area contributed by atoms with Crippen molar-refractivity contribution in [2.45, 2.75) is 83.7 Å². The Labute approximate surface area is 152 Å². The normalized spacial score (nSPS) is 29.6. The van der Waals surface area contributed by atoms with Crippen LogP contribution in [0.15, 0.2) is 12.7 Å². The van der Waals surface area contributed by atoms with Crippen LogP contribution in [0.3, 0.4) is 0 Å². The maximum absolute atomic E-state index is 12.1. The lowest BCUT2D eigenvalue weighted by Gasteiger charge is -2.37. The van der Waals surface area contributed by atoms with Crippen molar-refractivity contribution in [3.63, 3.8) is 0 Å². The van der Waals surface area contributed by atoms with E-state index in [0.29, 0.717) is 6.61 Å². The smallest absolute Gasteiger partial charge is 0.330 e. The number of hydrogen-bond acceptors (Lipinski definition) is 4. The molecule has 0 N–H and O–H groups in total. The molecule has 2 saturated carbocycles. The summed E-state index contributed by atoms with van der Waals surface area (Å²) in [6, 6.07) is 0. The number of carbonyl (C=O) groups is 2. The highest BCUT2D eigenvalue weighted by Gasteiger charge is 2.34. The minimum atomic E-state index is -0.304. The summed E-state index contributed by atoms with van der Waals surface area (Å²) < 4.78 is 10.8. The maximum atomic E-state index is 12.1. The standard InChI is InChI=1S/C21H34O4/c1-3-5-6-15-24-21(23)18-9-7-16(8-10-18)17-11-13-19(14-12-17)25-20(22)4-2/h4,16-19H,2-3,5-15H2,1H3. The van der Waals surface area contributed by atoms with E-state index in [4.69, 9.17) is 9.47 Å². The van der Waals surface area contributed by atoms with E-state index < -0.39 is 0 Å². The van der Waals surface area contributed by atoms with E-state index in [0.717, 1.165) is 82.5 Å². The van der Waals surface area contributed by atoms with Gasteiger partial charge in [0.15, 0.2) is 0 Å². The molecule has 0 amide bonds. The van der Waals surface area contributed by atoms with Crippen LogP contribution in [-0.4, -0.2) is 24.6 Å². The number of carbonyl (C=O) groups excluding carboxylic acids is 2. The molecule has 2 aliphatic carbocycles. The van der Waals surface area contributed by atoms with E-state index in [-0.39, 0.29) is 24.0 Å². The Balaban J connectivity index is 1.64. The van der Waals surface area contributed by atoms with E-state index in [1.54, 1.807) is 0 Å². The van der Waals surface area contributed by atoms with E-state index in [1.807, 2.05) is 0 Å². The van der Waals surface area contributed by atoms with Gasteiger partial charge in [-0.3, -0.25) is 4.79 Å². The zero-order valence-corrected chi connectivity index (χ0v) is 15.7. The van der Waals surface area contributed by atoms with Crippen LogP contribution in [0.5, 0.6) is 0 Å². The second-order valence-electron chi connectivity index (χ2n) is 7.66. The van der Waals surface area contributed by atoms with Crippen molar-refractivity contribution < 1.29 is 19.1 Å². The summed E-state index contributed by atoms with van der Waals surface area (Å²) in [6.45, 7) is 6.19. The van der Waals surface area contributed by atoms with Gasteiger partial charge >= 0.3 is 11.9 Å². The first-order valence-electron chi connectivity index (χ1n) is 10.1. The molecule has 4 heteroatoms. The van der Waals surface area contributed by atoms with Crippen LogP contribution in [-0.2, 0) is 19.1 Å². The largest absolute Gasteiger partial charge is 0.465 e. The van der Waals surface area contributed by atoms with E-state index in [9.17, 15) is 9.59 Å². The molecule has 142 valence electrons. The molecule has 2 aliphatic rings. The Kier molecular flexibility index (Phi) is 8.50. The van der Waals surface area contributed by atoms with Crippen LogP contribution < -0.4 is 0 Å². The zero-order valence-electron chi connectivity index (χ0n) is 15.7. The van der Waals surface area contributed by atoms with Gasteiger partial charge in [-0.15, -0.1) is 0 Å². The lowest BCUT2D eigenvalue weighted by Crippen LogP contribution is -2.31. The first kappa shape index (κ1) is 20.0. The number of hydrogen-bond donors (Lipinski definition) is 0. The average molecular weight is 350 g/mol. The monoisotopic (exact) mass is 350 g/mol. The van der Waals surface area contributed by atoms with Gasteiger partial charge in [-0.25, -0.2) is 4.79 Å².